The van der Waals surface area contributed by atoms with Crippen LogP contribution in [0.25, 0.3) is 11.1 Å². The highest BCUT2D eigenvalue weighted by Gasteiger charge is 2.20. The molecule has 0 bridgehead atoms. The largest absolute Gasteiger partial charge is 0.423 e. The van der Waals surface area contributed by atoms with E-state index >= 15 is 0 Å². The summed E-state index contributed by atoms with van der Waals surface area (Å²) < 4.78 is 5.77. The van der Waals surface area contributed by atoms with Crippen LogP contribution in [-0.4, -0.2) is 18.1 Å². The minimum atomic E-state index is 0.712. The summed E-state index contributed by atoms with van der Waals surface area (Å²) in [5.74, 6) is 0.712. The van der Waals surface area contributed by atoms with E-state index in [1.54, 1.807) is 0 Å². The second-order valence-corrected chi connectivity index (χ2v) is 4.92. The number of hydrogen-bond acceptors (Lipinski definition) is 4. The Morgan fingerprint density at radius 1 is 1.47 bits per heavy atom. The molecular weight excluding hydrogens is 214 g/mol. The molecule has 2 heterocycles. The van der Waals surface area contributed by atoms with Gasteiger partial charge >= 0.3 is 0 Å². The summed E-state index contributed by atoms with van der Waals surface area (Å²) in [5.41, 5.74) is 8.12. The van der Waals surface area contributed by atoms with Crippen LogP contribution in [0.3, 0.4) is 0 Å². The fraction of sp³-hybridized carbons (Fsp3) is 0.462. The van der Waals surface area contributed by atoms with Crippen LogP contribution >= 0.6 is 0 Å². The molecule has 2 aromatic rings. The number of benzene rings is 1. The lowest BCUT2D eigenvalue weighted by Crippen LogP contribution is -2.34. The summed E-state index contributed by atoms with van der Waals surface area (Å²) in [6.45, 7) is 4.34. The Balaban J connectivity index is 1.94. The topological polar surface area (TPSA) is 55.3 Å². The summed E-state index contributed by atoms with van der Waals surface area (Å²) in [4.78, 5) is 6.74. The molecule has 1 aromatic heterocycles. The van der Waals surface area contributed by atoms with Gasteiger partial charge in [-0.2, -0.15) is 4.98 Å². The first-order chi connectivity index (χ1) is 8.22. The third-order valence-corrected chi connectivity index (χ3v) is 3.33. The van der Waals surface area contributed by atoms with Crippen LogP contribution in [0.2, 0.25) is 0 Å². The molecule has 1 aliphatic heterocycles. The predicted octanol–water partition coefficient (Wildman–Crippen LogP) is 2.65. The third kappa shape index (κ3) is 1.95. The highest BCUT2D eigenvalue weighted by molar-refractivity contribution is 5.78. The van der Waals surface area contributed by atoms with Gasteiger partial charge in [0.15, 0.2) is 5.58 Å². The van der Waals surface area contributed by atoms with Gasteiger partial charge < -0.3 is 15.1 Å². The Kier molecular flexibility index (Phi) is 2.42. The molecule has 0 aliphatic carbocycles. The van der Waals surface area contributed by atoms with Crippen molar-refractivity contribution in [1.82, 2.24) is 4.98 Å². The normalized spacial score (nSPS) is 21.0. The summed E-state index contributed by atoms with van der Waals surface area (Å²) in [6.07, 6.45) is 2.51. The minimum absolute atomic E-state index is 0.712. The van der Waals surface area contributed by atoms with E-state index in [1.165, 1.54) is 12.8 Å². The van der Waals surface area contributed by atoms with Gasteiger partial charge in [0.2, 0.25) is 0 Å². The maximum absolute atomic E-state index is 5.77. The van der Waals surface area contributed by atoms with Gasteiger partial charge in [-0.1, -0.05) is 6.92 Å². The summed E-state index contributed by atoms with van der Waals surface area (Å²) in [5, 5.41) is 0. The SMILES string of the molecule is CC1CCCN(c2nc3cc(N)ccc3o2)C1. The number of aromatic nitrogens is 1. The number of nitrogen functional groups attached to an aromatic ring is 1. The fourth-order valence-electron chi connectivity index (χ4n) is 2.43. The number of piperidine rings is 1. The Hall–Kier alpha value is -1.71. The van der Waals surface area contributed by atoms with E-state index in [4.69, 9.17) is 10.2 Å². The van der Waals surface area contributed by atoms with Crippen molar-refractivity contribution >= 4 is 22.8 Å². The first-order valence-corrected chi connectivity index (χ1v) is 6.13. The summed E-state index contributed by atoms with van der Waals surface area (Å²) in [7, 11) is 0. The van der Waals surface area contributed by atoms with Gasteiger partial charge in [-0.05, 0) is 37.0 Å². The molecule has 4 nitrogen and oxygen atoms in total. The lowest BCUT2D eigenvalue weighted by molar-refractivity contribution is 0.421. The van der Waals surface area contributed by atoms with Crippen LogP contribution in [-0.2, 0) is 0 Å². The van der Waals surface area contributed by atoms with E-state index in [2.05, 4.69) is 16.8 Å². The van der Waals surface area contributed by atoms with Crippen LogP contribution < -0.4 is 10.6 Å². The second kappa shape index (κ2) is 3.95. The van der Waals surface area contributed by atoms with E-state index < -0.39 is 0 Å². The lowest BCUT2D eigenvalue weighted by Gasteiger charge is -2.29. The van der Waals surface area contributed by atoms with Crippen molar-refractivity contribution in [2.45, 2.75) is 19.8 Å². The summed E-state index contributed by atoms with van der Waals surface area (Å²) >= 11 is 0. The maximum Gasteiger partial charge on any atom is 0.298 e. The highest BCUT2D eigenvalue weighted by atomic mass is 16.4. The standard InChI is InChI=1S/C13H17N3O/c1-9-3-2-6-16(8-9)13-15-11-7-10(14)4-5-12(11)17-13/h4-5,7,9H,2-3,6,8,14H2,1H3. The Labute approximate surface area is 100 Å². The quantitative estimate of drug-likeness (QED) is 0.766. The molecular formula is C13H17N3O. The van der Waals surface area contributed by atoms with Crippen molar-refractivity contribution < 1.29 is 4.42 Å². The molecule has 0 amide bonds. The number of rotatable bonds is 1. The van der Waals surface area contributed by atoms with Crippen LogP contribution in [0.15, 0.2) is 22.6 Å². The van der Waals surface area contributed by atoms with Crippen LogP contribution in [0, 0.1) is 5.92 Å². The molecule has 1 unspecified atom stereocenters. The third-order valence-electron chi connectivity index (χ3n) is 3.33. The van der Waals surface area contributed by atoms with Gasteiger partial charge in [0.1, 0.15) is 5.52 Å². The highest BCUT2D eigenvalue weighted by Crippen LogP contribution is 2.27. The molecule has 1 atom stereocenters. The van der Waals surface area contributed by atoms with Crippen molar-refractivity contribution in [3.63, 3.8) is 0 Å². The molecule has 4 heteroatoms. The smallest absolute Gasteiger partial charge is 0.298 e. The maximum atomic E-state index is 5.77. The molecule has 0 spiro atoms. The van der Waals surface area contributed by atoms with Gasteiger partial charge in [-0.15, -0.1) is 0 Å². The zero-order chi connectivity index (χ0) is 11.8. The zero-order valence-corrected chi connectivity index (χ0v) is 10.0. The van der Waals surface area contributed by atoms with Crippen molar-refractivity contribution in [3.05, 3.63) is 18.2 Å². The summed E-state index contributed by atoms with van der Waals surface area (Å²) in [6, 6.07) is 6.32. The van der Waals surface area contributed by atoms with Crippen LogP contribution in [0.1, 0.15) is 19.8 Å². The predicted molar refractivity (Wildman–Crippen MR) is 69.0 cm³/mol. The second-order valence-electron chi connectivity index (χ2n) is 4.92. The van der Waals surface area contributed by atoms with Crippen LogP contribution in [0.5, 0.6) is 0 Å². The number of hydrogen-bond donors (Lipinski definition) is 1. The van der Waals surface area contributed by atoms with Crippen molar-refractivity contribution in [3.8, 4) is 0 Å². The van der Waals surface area contributed by atoms with Crippen LogP contribution in [0.4, 0.5) is 11.7 Å². The van der Waals surface area contributed by atoms with Crippen molar-refractivity contribution in [2.75, 3.05) is 23.7 Å². The van der Waals surface area contributed by atoms with E-state index in [-0.39, 0.29) is 0 Å². The number of nitrogens with zero attached hydrogens (tertiary/aromatic N) is 2. The van der Waals surface area contributed by atoms with Gasteiger partial charge in [-0.25, -0.2) is 0 Å². The molecule has 17 heavy (non-hydrogen) atoms. The van der Waals surface area contributed by atoms with E-state index in [0.29, 0.717) is 5.92 Å². The van der Waals surface area contributed by atoms with E-state index in [1.807, 2.05) is 18.2 Å². The average molecular weight is 231 g/mol. The molecule has 3 rings (SSSR count). The lowest BCUT2D eigenvalue weighted by atomic mass is 10.0. The Morgan fingerprint density at radius 2 is 2.35 bits per heavy atom. The molecule has 0 radical (unpaired) electrons. The van der Waals surface area contributed by atoms with E-state index in [0.717, 1.165) is 35.9 Å². The van der Waals surface area contributed by atoms with Crippen molar-refractivity contribution in [1.29, 1.82) is 0 Å². The number of oxazole rings is 1. The van der Waals surface area contributed by atoms with Gasteiger partial charge in [0.25, 0.3) is 6.01 Å². The first-order valence-electron chi connectivity index (χ1n) is 6.13. The van der Waals surface area contributed by atoms with E-state index in [9.17, 15) is 0 Å². The first kappa shape index (κ1) is 10.4. The number of fused-ring (bicyclic) bond motifs is 1. The molecule has 2 N–H and O–H groups in total. The van der Waals surface area contributed by atoms with Gasteiger partial charge in [0.05, 0.1) is 0 Å². The molecule has 1 fully saturated rings. The fourth-order valence-corrected chi connectivity index (χ4v) is 2.43. The molecule has 1 aliphatic rings. The molecule has 0 saturated carbocycles. The average Bonchev–Trinajstić information content (AvgIpc) is 2.72. The van der Waals surface area contributed by atoms with Gasteiger partial charge in [-0.3, -0.25) is 0 Å². The Morgan fingerprint density at radius 3 is 3.18 bits per heavy atom. The molecule has 1 saturated heterocycles. The molecule has 90 valence electrons. The molecule has 1 aromatic carbocycles. The van der Waals surface area contributed by atoms with Crippen molar-refractivity contribution in [2.24, 2.45) is 5.92 Å². The zero-order valence-electron chi connectivity index (χ0n) is 10.0. The minimum Gasteiger partial charge on any atom is -0.423 e. The Bertz CT molecular complexity index is 534. The monoisotopic (exact) mass is 231 g/mol. The van der Waals surface area contributed by atoms with Gasteiger partial charge in [0, 0.05) is 18.8 Å². The number of nitrogens with two attached hydrogens (primary N) is 1. The number of anilines is 2.